The van der Waals surface area contributed by atoms with Crippen LogP contribution in [-0.4, -0.2) is 24.5 Å². The van der Waals surface area contributed by atoms with Gasteiger partial charge in [-0.05, 0) is 37.0 Å². The molecule has 1 unspecified atom stereocenters. The molecular formula is C19H20F3NO3. The van der Waals surface area contributed by atoms with Gasteiger partial charge in [0, 0.05) is 29.9 Å². The van der Waals surface area contributed by atoms with Crippen molar-refractivity contribution >= 4 is 0 Å². The number of rotatable bonds is 4. The summed E-state index contributed by atoms with van der Waals surface area (Å²) < 4.78 is 49.8. The highest BCUT2D eigenvalue weighted by Crippen LogP contribution is 2.40. The minimum absolute atomic E-state index is 0.0587. The maximum absolute atomic E-state index is 12.5. The third-order valence-electron chi connectivity index (χ3n) is 4.62. The summed E-state index contributed by atoms with van der Waals surface area (Å²) in [4.78, 5) is 11.9. The standard InChI is InChI=1S/C19H20F3NO3/c1-3-13-5-4-12-8-18(26-11-19(20,21)22)17(25-2)10-15(12)16-9-14(24)6-7-23(13)16/h6-10,13H,3-5,11H2,1-2H3. The van der Waals surface area contributed by atoms with Gasteiger partial charge >= 0.3 is 6.18 Å². The molecule has 0 amide bonds. The number of methoxy groups -OCH3 is 1. The number of halogens is 3. The van der Waals surface area contributed by atoms with E-state index in [-0.39, 0.29) is 23.0 Å². The first-order chi connectivity index (χ1) is 12.3. The van der Waals surface area contributed by atoms with E-state index in [0.29, 0.717) is 6.42 Å². The third kappa shape index (κ3) is 3.71. The molecular weight excluding hydrogens is 347 g/mol. The molecule has 0 saturated heterocycles. The maximum Gasteiger partial charge on any atom is 0.422 e. The van der Waals surface area contributed by atoms with Gasteiger partial charge < -0.3 is 14.0 Å². The van der Waals surface area contributed by atoms with Crippen molar-refractivity contribution in [1.29, 1.82) is 0 Å². The quantitative estimate of drug-likeness (QED) is 0.806. The van der Waals surface area contributed by atoms with Crippen LogP contribution < -0.4 is 14.9 Å². The van der Waals surface area contributed by atoms with Crippen molar-refractivity contribution in [3.63, 3.8) is 0 Å². The van der Waals surface area contributed by atoms with Crippen LogP contribution in [0.15, 0.2) is 35.3 Å². The minimum Gasteiger partial charge on any atom is -0.493 e. The molecule has 3 rings (SSSR count). The predicted octanol–water partition coefficient (Wildman–Crippen LogP) is 4.36. The fourth-order valence-corrected chi connectivity index (χ4v) is 3.37. The largest absolute Gasteiger partial charge is 0.493 e. The van der Waals surface area contributed by atoms with Gasteiger partial charge in [-0.1, -0.05) is 6.92 Å². The number of fused-ring (bicyclic) bond motifs is 3. The smallest absolute Gasteiger partial charge is 0.422 e. The number of ether oxygens (including phenoxy) is 2. The lowest BCUT2D eigenvalue weighted by Gasteiger charge is -2.20. The molecule has 0 fully saturated rings. The molecule has 0 N–H and O–H groups in total. The van der Waals surface area contributed by atoms with Crippen LogP contribution in [0, 0.1) is 0 Å². The second-order valence-corrected chi connectivity index (χ2v) is 6.32. The Kier molecular flexibility index (Phi) is 4.98. The summed E-state index contributed by atoms with van der Waals surface area (Å²) >= 11 is 0. The normalized spacial score (nSPS) is 16.4. The number of pyridine rings is 1. The summed E-state index contributed by atoms with van der Waals surface area (Å²) in [6.45, 7) is 0.691. The number of hydrogen-bond donors (Lipinski definition) is 0. The maximum atomic E-state index is 12.5. The average Bonchev–Trinajstić information content (AvgIpc) is 2.74. The Morgan fingerprint density at radius 1 is 1.23 bits per heavy atom. The Hall–Kier alpha value is -2.44. The molecule has 1 aromatic heterocycles. The van der Waals surface area contributed by atoms with E-state index in [2.05, 4.69) is 11.5 Å². The van der Waals surface area contributed by atoms with Crippen molar-refractivity contribution in [3.05, 3.63) is 46.2 Å². The molecule has 7 heteroatoms. The Morgan fingerprint density at radius 2 is 2.00 bits per heavy atom. The number of hydrogen-bond acceptors (Lipinski definition) is 3. The van der Waals surface area contributed by atoms with Gasteiger partial charge in [-0.25, -0.2) is 0 Å². The van der Waals surface area contributed by atoms with Crippen molar-refractivity contribution in [2.24, 2.45) is 0 Å². The molecule has 1 aliphatic rings. The Balaban J connectivity index is 2.11. The zero-order valence-corrected chi connectivity index (χ0v) is 14.6. The molecule has 4 nitrogen and oxygen atoms in total. The van der Waals surface area contributed by atoms with Crippen molar-refractivity contribution < 1.29 is 22.6 Å². The number of nitrogens with zero attached hydrogens (tertiary/aromatic N) is 1. The lowest BCUT2D eigenvalue weighted by atomic mass is 9.99. The van der Waals surface area contributed by atoms with E-state index in [1.54, 1.807) is 24.4 Å². The van der Waals surface area contributed by atoms with Crippen molar-refractivity contribution in [1.82, 2.24) is 4.57 Å². The number of alkyl halides is 3. The molecule has 2 heterocycles. The fraction of sp³-hybridized carbons (Fsp3) is 0.421. The van der Waals surface area contributed by atoms with Gasteiger partial charge in [0.15, 0.2) is 23.5 Å². The van der Waals surface area contributed by atoms with E-state index >= 15 is 0 Å². The Labute approximate surface area is 149 Å². The van der Waals surface area contributed by atoms with Crippen molar-refractivity contribution in [2.75, 3.05) is 13.7 Å². The summed E-state index contributed by atoms with van der Waals surface area (Å²) in [6, 6.07) is 6.55. The van der Waals surface area contributed by atoms with Gasteiger partial charge in [-0.3, -0.25) is 4.79 Å². The SMILES string of the molecule is CCC1CCc2cc(OCC(F)(F)F)c(OC)cc2-c2cc(=O)ccn21. The molecule has 0 spiro atoms. The fourth-order valence-electron chi connectivity index (χ4n) is 3.37. The second-order valence-electron chi connectivity index (χ2n) is 6.32. The molecule has 1 atom stereocenters. The van der Waals surface area contributed by atoms with Gasteiger partial charge in [0.1, 0.15) is 0 Å². The van der Waals surface area contributed by atoms with E-state index in [4.69, 9.17) is 9.47 Å². The zero-order chi connectivity index (χ0) is 18.9. The van der Waals surface area contributed by atoms with Crippen LogP contribution in [0.5, 0.6) is 11.5 Å². The van der Waals surface area contributed by atoms with Gasteiger partial charge in [0.2, 0.25) is 0 Å². The Bertz CT molecular complexity index is 858. The molecule has 1 aromatic carbocycles. The first-order valence-electron chi connectivity index (χ1n) is 8.45. The van der Waals surface area contributed by atoms with E-state index in [0.717, 1.165) is 29.7 Å². The number of benzene rings is 1. The number of aryl methyl sites for hydroxylation is 1. The molecule has 26 heavy (non-hydrogen) atoms. The first kappa shape index (κ1) is 18.4. The molecule has 140 valence electrons. The third-order valence-corrected chi connectivity index (χ3v) is 4.62. The molecule has 1 aliphatic heterocycles. The lowest BCUT2D eigenvalue weighted by Crippen LogP contribution is -2.19. The minimum atomic E-state index is -4.43. The van der Waals surface area contributed by atoms with Crippen molar-refractivity contribution in [3.8, 4) is 22.8 Å². The van der Waals surface area contributed by atoms with Crippen LogP contribution in [0.3, 0.4) is 0 Å². The van der Waals surface area contributed by atoms with Gasteiger partial charge in [-0.15, -0.1) is 0 Å². The molecule has 0 aliphatic carbocycles. The van der Waals surface area contributed by atoms with Gasteiger partial charge in [-0.2, -0.15) is 13.2 Å². The highest BCUT2D eigenvalue weighted by molar-refractivity contribution is 5.69. The first-order valence-corrected chi connectivity index (χ1v) is 8.45. The van der Waals surface area contributed by atoms with Crippen LogP contribution in [0.4, 0.5) is 13.2 Å². The summed E-state index contributed by atoms with van der Waals surface area (Å²) in [5.74, 6) is 0.272. The Morgan fingerprint density at radius 3 is 2.65 bits per heavy atom. The molecule has 0 bridgehead atoms. The van der Waals surface area contributed by atoms with E-state index in [9.17, 15) is 18.0 Å². The predicted molar refractivity (Wildman–Crippen MR) is 91.9 cm³/mol. The van der Waals surface area contributed by atoms with Gasteiger partial charge in [0.05, 0.1) is 12.8 Å². The summed E-state index contributed by atoms with van der Waals surface area (Å²) in [5.41, 5.74) is 2.26. The summed E-state index contributed by atoms with van der Waals surface area (Å²) in [7, 11) is 1.38. The highest BCUT2D eigenvalue weighted by atomic mass is 19.4. The number of aromatic nitrogens is 1. The van der Waals surface area contributed by atoms with Crippen LogP contribution in [0.1, 0.15) is 31.4 Å². The van der Waals surface area contributed by atoms with E-state index in [1.165, 1.54) is 13.2 Å². The monoisotopic (exact) mass is 367 g/mol. The van der Waals surface area contributed by atoms with Crippen LogP contribution in [-0.2, 0) is 6.42 Å². The van der Waals surface area contributed by atoms with Crippen molar-refractivity contribution in [2.45, 2.75) is 38.4 Å². The topological polar surface area (TPSA) is 40.5 Å². The van der Waals surface area contributed by atoms with Crippen LogP contribution >= 0.6 is 0 Å². The summed E-state index contributed by atoms with van der Waals surface area (Å²) in [5, 5.41) is 0. The molecule has 2 aromatic rings. The molecule has 0 radical (unpaired) electrons. The summed E-state index contributed by atoms with van der Waals surface area (Å²) in [6.07, 6.45) is -0.259. The van der Waals surface area contributed by atoms with Crippen LogP contribution in [0.25, 0.3) is 11.3 Å². The van der Waals surface area contributed by atoms with E-state index in [1.807, 2.05) is 0 Å². The van der Waals surface area contributed by atoms with E-state index < -0.39 is 12.8 Å². The molecule has 0 saturated carbocycles. The lowest BCUT2D eigenvalue weighted by molar-refractivity contribution is -0.153. The average molecular weight is 367 g/mol. The second kappa shape index (κ2) is 7.05. The highest BCUT2D eigenvalue weighted by Gasteiger charge is 2.30. The zero-order valence-electron chi connectivity index (χ0n) is 14.6. The van der Waals surface area contributed by atoms with Crippen LogP contribution in [0.2, 0.25) is 0 Å². The van der Waals surface area contributed by atoms with Gasteiger partial charge in [0.25, 0.3) is 0 Å².